The van der Waals surface area contributed by atoms with E-state index in [0.29, 0.717) is 55.6 Å². The minimum Gasteiger partial charge on any atom is -0.507 e. The van der Waals surface area contributed by atoms with Gasteiger partial charge in [-0.2, -0.15) is 0 Å². The number of methoxy groups -OCH3 is 2. The topological polar surface area (TPSA) is 170 Å². The molecule has 3 heterocycles. The molecule has 8 rings (SSSR count). The molecular weight excluding hydrogens is 748 g/mol. The number of aromatic hydroxyl groups is 1. The molecule has 0 fully saturated rings. The lowest BCUT2D eigenvalue weighted by Crippen LogP contribution is -2.17. The molecule has 0 unspecified atom stereocenters. The number of carbonyl (C=O) groups excluding carboxylic acids is 3. The summed E-state index contributed by atoms with van der Waals surface area (Å²) >= 11 is 6.69. The molecule has 2 aromatic heterocycles. The average molecular weight is 779 g/mol. The van der Waals surface area contributed by atoms with Crippen LogP contribution < -0.4 is 16.1 Å². The summed E-state index contributed by atoms with van der Waals surface area (Å²) in [5, 5.41) is 20.0. The first-order valence-corrected chi connectivity index (χ1v) is 18.0. The van der Waals surface area contributed by atoms with Crippen molar-refractivity contribution in [2.24, 2.45) is 0 Å². The highest BCUT2D eigenvalue weighted by atomic mass is 35.5. The van der Waals surface area contributed by atoms with E-state index in [0.717, 1.165) is 17.1 Å². The zero-order chi connectivity index (χ0) is 39.8. The number of nitrogens with zero attached hydrogens (tertiary/aromatic N) is 2. The summed E-state index contributed by atoms with van der Waals surface area (Å²) in [7, 11) is 2.56. The molecule has 0 atom stereocenters. The van der Waals surface area contributed by atoms with Crippen LogP contribution in [0.25, 0.3) is 55.2 Å². The lowest BCUT2D eigenvalue weighted by atomic mass is 9.88. The fraction of sp³-hybridized carbons (Fsp3) is 0.0909. The fourth-order valence-corrected chi connectivity index (χ4v) is 7.20. The zero-order valence-electron chi connectivity index (χ0n) is 30.4. The summed E-state index contributed by atoms with van der Waals surface area (Å²) in [4.78, 5) is 60.1. The van der Waals surface area contributed by atoms with E-state index >= 15 is 0 Å². The third kappa shape index (κ3) is 6.61. The number of benzene rings is 5. The Morgan fingerprint density at radius 2 is 1.35 bits per heavy atom. The van der Waals surface area contributed by atoms with Gasteiger partial charge in [-0.05, 0) is 48.0 Å². The Morgan fingerprint density at radius 3 is 1.95 bits per heavy atom. The molecule has 0 radical (unpaired) electrons. The number of aromatic nitrogens is 2. The Labute approximate surface area is 329 Å². The standard InChI is InChI=1S/C44H31ClN4O8/c1-55-43(53)34-16-13-23-8-5-11-32(38(23)48-34)46-20-29-36(51)18-15-27-37(26-10-4-3-7-25(26)22-50)28-19-31(45)40(52)30(42(28)57-41(27)29)21-47-33-12-6-9-24-14-17-35(44(54)56-2)49-39(24)33/h3-19,22,46-47,51H,20-21H2,1-2H3. The minimum absolute atomic E-state index is 0.0196. The van der Waals surface area contributed by atoms with Gasteiger partial charge in [-0.25, -0.2) is 19.6 Å². The van der Waals surface area contributed by atoms with Gasteiger partial charge in [0.25, 0.3) is 0 Å². The molecule has 3 N–H and O–H groups in total. The number of anilines is 2. The van der Waals surface area contributed by atoms with Gasteiger partial charge in [-0.3, -0.25) is 9.59 Å². The van der Waals surface area contributed by atoms with E-state index in [1.54, 1.807) is 66.7 Å². The van der Waals surface area contributed by atoms with Crippen LogP contribution in [0.4, 0.5) is 11.4 Å². The second-order valence-corrected chi connectivity index (χ2v) is 13.4. The molecule has 0 bridgehead atoms. The van der Waals surface area contributed by atoms with E-state index in [4.69, 9.17) is 25.5 Å². The van der Waals surface area contributed by atoms with Crippen molar-refractivity contribution < 1.29 is 33.4 Å². The lowest BCUT2D eigenvalue weighted by molar-refractivity contribution is 0.0586. The maximum atomic E-state index is 14.0. The van der Waals surface area contributed by atoms with E-state index in [1.807, 2.05) is 24.3 Å². The van der Waals surface area contributed by atoms with Crippen LogP contribution in [-0.2, 0) is 22.6 Å². The number of hydrogen-bond donors (Lipinski definition) is 3. The van der Waals surface area contributed by atoms with Crippen LogP contribution in [0.5, 0.6) is 5.75 Å². The van der Waals surface area contributed by atoms with Crippen LogP contribution in [-0.4, -0.2) is 47.5 Å². The van der Waals surface area contributed by atoms with Crippen LogP contribution in [0.1, 0.15) is 42.5 Å². The molecule has 13 heteroatoms. The molecule has 1 aliphatic carbocycles. The van der Waals surface area contributed by atoms with E-state index < -0.39 is 17.4 Å². The molecular formula is C44H31ClN4O8. The Bertz CT molecular complexity index is 2960. The molecule has 57 heavy (non-hydrogen) atoms. The molecule has 282 valence electrons. The predicted molar refractivity (Wildman–Crippen MR) is 217 cm³/mol. The molecule has 4 aromatic carbocycles. The number of nitrogens with one attached hydrogen (secondary N) is 2. The molecule has 0 saturated heterocycles. The molecule has 0 saturated carbocycles. The number of ether oxygens (including phenoxy) is 2. The number of aldehydes is 1. The Hall–Kier alpha value is -7.31. The molecule has 12 nitrogen and oxygen atoms in total. The maximum absolute atomic E-state index is 14.0. The summed E-state index contributed by atoms with van der Waals surface area (Å²) in [6.45, 7) is -0.0642. The van der Waals surface area contributed by atoms with Crippen molar-refractivity contribution in [2.45, 2.75) is 13.1 Å². The maximum Gasteiger partial charge on any atom is 0.356 e. The average Bonchev–Trinajstić information content (AvgIpc) is 3.24. The highest BCUT2D eigenvalue weighted by Crippen LogP contribution is 2.45. The summed E-state index contributed by atoms with van der Waals surface area (Å²) in [5.74, 6) is -1.11. The molecule has 0 spiro atoms. The van der Waals surface area contributed by atoms with Gasteiger partial charge in [0.2, 0.25) is 5.43 Å². The van der Waals surface area contributed by atoms with Crippen molar-refractivity contribution >= 4 is 74.0 Å². The lowest BCUT2D eigenvalue weighted by Gasteiger charge is -2.21. The first-order valence-electron chi connectivity index (χ1n) is 17.6. The summed E-state index contributed by atoms with van der Waals surface area (Å²) in [6.07, 6.45) is 0.748. The van der Waals surface area contributed by atoms with Crippen LogP contribution >= 0.6 is 11.6 Å². The van der Waals surface area contributed by atoms with Gasteiger partial charge < -0.3 is 29.6 Å². The summed E-state index contributed by atoms with van der Waals surface area (Å²) in [5.41, 5.74) is 4.52. The van der Waals surface area contributed by atoms with Gasteiger partial charge in [0.15, 0.2) is 6.29 Å². The molecule has 2 aliphatic rings. The minimum atomic E-state index is -0.598. The van der Waals surface area contributed by atoms with E-state index in [1.165, 1.54) is 26.4 Å². The zero-order valence-corrected chi connectivity index (χ0v) is 31.1. The van der Waals surface area contributed by atoms with Gasteiger partial charge >= 0.3 is 11.9 Å². The fourth-order valence-electron chi connectivity index (χ4n) is 6.98. The molecule has 1 aliphatic heterocycles. The van der Waals surface area contributed by atoms with E-state index in [-0.39, 0.29) is 52.2 Å². The first kappa shape index (κ1) is 36.7. The SMILES string of the molecule is COC(=O)c1ccc2cccc(NCc3c4oc5c(CNc6cccc7ccc(C(=O)OC)nc67)c(O)ccc5c(-c5ccccc5C=O)c-4cc(Cl)c3=O)c2n1. The number of pyridine rings is 2. The van der Waals surface area contributed by atoms with Crippen molar-refractivity contribution in [1.29, 1.82) is 0 Å². The number of phenolic OH excluding ortho intramolecular Hbond substituents is 1. The van der Waals surface area contributed by atoms with Crippen LogP contribution in [0.2, 0.25) is 5.02 Å². The second-order valence-electron chi connectivity index (χ2n) is 13.0. The highest BCUT2D eigenvalue weighted by molar-refractivity contribution is 6.31. The summed E-state index contributed by atoms with van der Waals surface area (Å²) in [6, 6.07) is 29.3. The quantitative estimate of drug-likeness (QED) is 0.0687. The van der Waals surface area contributed by atoms with Gasteiger partial charge in [0.05, 0.1) is 52.8 Å². The Morgan fingerprint density at radius 1 is 0.754 bits per heavy atom. The Kier molecular flexibility index (Phi) is 9.70. The number of hydrogen-bond acceptors (Lipinski definition) is 12. The van der Waals surface area contributed by atoms with Crippen molar-refractivity contribution in [3.8, 4) is 28.2 Å². The normalized spacial score (nSPS) is 11.2. The Balaban J connectivity index is 1.31. The number of carbonyl (C=O) groups is 3. The van der Waals surface area contributed by atoms with Crippen LogP contribution in [0.3, 0.4) is 0 Å². The largest absolute Gasteiger partial charge is 0.507 e. The van der Waals surface area contributed by atoms with E-state index in [9.17, 15) is 24.3 Å². The van der Waals surface area contributed by atoms with Crippen molar-refractivity contribution in [2.75, 3.05) is 24.9 Å². The smallest absolute Gasteiger partial charge is 0.356 e. The van der Waals surface area contributed by atoms with Crippen molar-refractivity contribution in [3.05, 3.63) is 146 Å². The van der Waals surface area contributed by atoms with E-state index in [2.05, 4.69) is 20.6 Å². The number of esters is 2. The van der Waals surface area contributed by atoms with Crippen LogP contribution in [0, 0.1) is 0 Å². The van der Waals surface area contributed by atoms with Gasteiger partial charge in [-0.15, -0.1) is 0 Å². The van der Waals surface area contributed by atoms with Crippen molar-refractivity contribution in [3.63, 3.8) is 0 Å². The number of phenols is 1. The third-order valence-electron chi connectivity index (χ3n) is 9.76. The first-order chi connectivity index (χ1) is 27.7. The predicted octanol–water partition coefficient (Wildman–Crippen LogP) is 8.63. The highest BCUT2D eigenvalue weighted by Gasteiger charge is 2.27. The molecule has 6 aromatic rings. The number of rotatable bonds is 10. The van der Waals surface area contributed by atoms with Crippen LogP contribution in [0.15, 0.2) is 112 Å². The number of para-hydroxylation sites is 2. The van der Waals surface area contributed by atoms with Crippen molar-refractivity contribution in [1.82, 2.24) is 9.97 Å². The third-order valence-corrected chi connectivity index (χ3v) is 10.0. The molecule has 0 amide bonds. The summed E-state index contributed by atoms with van der Waals surface area (Å²) < 4.78 is 16.5. The van der Waals surface area contributed by atoms with Gasteiger partial charge in [0, 0.05) is 45.9 Å². The van der Waals surface area contributed by atoms with Gasteiger partial charge in [0.1, 0.15) is 28.5 Å². The number of halogens is 1. The number of fused-ring (bicyclic) bond motifs is 4. The van der Waals surface area contributed by atoms with Gasteiger partial charge in [-0.1, -0.05) is 72.3 Å². The second kappa shape index (κ2) is 15.1. The monoisotopic (exact) mass is 778 g/mol.